The van der Waals surface area contributed by atoms with Crippen molar-refractivity contribution in [1.29, 1.82) is 0 Å². The monoisotopic (exact) mass is 493 g/mol. The van der Waals surface area contributed by atoms with Crippen LogP contribution >= 0.6 is 0 Å². The van der Waals surface area contributed by atoms with E-state index in [0.717, 1.165) is 63.0 Å². The number of nitrogens with zero attached hydrogens (tertiary/aromatic N) is 4. The molecular formula is C26H31N5O3S. The number of sulfonamides is 1. The summed E-state index contributed by atoms with van der Waals surface area (Å²) in [5.74, 6) is 0.0484. The molecule has 2 aliphatic heterocycles. The number of benzene rings is 2. The van der Waals surface area contributed by atoms with Crippen molar-refractivity contribution < 1.29 is 13.2 Å². The molecule has 2 fully saturated rings. The van der Waals surface area contributed by atoms with Gasteiger partial charge < -0.3 is 10.2 Å². The van der Waals surface area contributed by atoms with Gasteiger partial charge in [-0.25, -0.2) is 13.1 Å². The summed E-state index contributed by atoms with van der Waals surface area (Å²) in [6, 6.07) is 16.4. The molecule has 0 aliphatic carbocycles. The molecule has 0 radical (unpaired) electrons. The van der Waals surface area contributed by atoms with Crippen LogP contribution in [0.3, 0.4) is 0 Å². The lowest BCUT2D eigenvalue weighted by atomic mass is 10.1. The van der Waals surface area contributed by atoms with E-state index in [-0.39, 0.29) is 10.8 Å². The fraction of sp³-hybridized carbons (Fsp3) is 0.385. The number of rotatable bonds is 6. The molecule has 5 rings (SSSR count). The predicted octanol–water partition coefficient (Wildman–Crippen LogP) is 4.29. The molecule has 35 heavy (non-hydrogen) atoms. The van der Waals surface area contributed by atoms with Gasteiger partial charge in [0.15, 0.2) is 5.82 Å². The van der Waals surface area contributed by atoms with Crippen molar-refractivity contribution in [3.05, 3.63) is 66.4 Å². The molecule has 0 atom stereocenters. The van der Waals surface area contributed by atoms with E-state index < -0.39 is 10.0 Å². The highest BCUT2D eigenvalue weighted by Gasteiger charge is 2.28. The van der Waals surface area contributed by atoms with Crippen molar-refractivity contribution in [3.63, 3.8) is 0 Å². The van der Waals surface area contributed by atoms with Crippen LogP contribution in [0.15, 0.2) is 65.7 Å². The van der Waals surface area contributed by atoms with Gasteiger partial charge in [-0.3, -0.25) is 4.79 Å². The van der Waals surface area contributed by atoms with Gasteiger partial charge in [-0.05, 0) is 62.4 Å². The Balaban J connectivity index is 1.46. The third kappa shape index (κ3) is 5.11. The average Bonchev–Trinajstić information content (AvgIpc) is 3.38. The van der Waals surface area contributed by atoms with Crippen LogP contribution in [0.2, 0.25) is 0 Å². The summed E-state index contributed by atoms with van der Waals surface area (Å²) in [7, 11) is -3.66. The molecule has 0 bridgehead atoms. The second-order valence-electron chi connectivity index (χ2n) is 9.13. The second-order valence-corrected chi connectivity index (χ2v) is 11.1. The maximum atomic E-state index is 13.5. The van der Waals surface area contributed by atoms with Crippen LogP contribution in [-0.2, 0) is 10.0 Å². The first-order valence-corrected chi connectivity index (χ1v) is 13.8. The van der Waals surface area contributed by atoms with Crippen LogP contribution in [0.4, 0.5) is 11.5 Å². The van der Waals surface area contributed by atoms with Gasteiger partial charge in [-0.15, -0.1) is 0 Å². The number of carbonyl (C=O) groups excluding carboxylic acids is 1. The molecule has 184 valence electrons. The highest BCUT2D eigenvalue weighted by Crippen LogP contribution is 2.30. The number of carbonyl (C=O) groups is 1. The molecule has 3 aromatic rings. The number of hydrogen-bond acceptors (Lipinski definition) is 5. The van der Waals surface area contributed by atoms with E-state index >= 15 is 0 Å². The van der Waals surface area contributed by atoms with Gasteiger partial charge in [-0.1, -0.05) is 24.6 Å². The fourth-order valence-corrected chi connectivity index (χ4v) is 6.36. The number of anilines is 2. The summed E-state index contributed by atoms with van der Waals surface area (Å²) in [6.07, 6.45) is 7.82. The third-order valence-corrected chi connectivity index (χ3v) is 8.61. The van der Waals surface area contributed by atoms with Crippen LogP contribution in [0, 0.1) is 0 Å². The Morgan fingerprint density at radius 3 is 2.23 bits per heavy atom. The summed E-state index contributed by atoms with van der Waals surface area (Å²) in [5.41, 5.74) is 2.01. The molecular weight excluding hydrogens is 462 g/mol. The lowest BCUT2D eigenvalue weighted by Gasteiger charge is -2.31. The number of piperidine rings is 2. The fourth-order valence-electron chi connectivity index (χ4n) is 4.82. The highest BCUT2D eigenvalue weighted by molar-refractivity contribution is 7.89. The number of para-hydroxylation sites is 1. The van der Waals surface area contributed by atoms with E-state index in [9.17, 15) is 13.2 Å². The summed E-state index contributed by atoms with van der Waals surface area (Å²) < 4.78 is 29.9. The molecule has 1 N–H and O–H groups in total. The van der Waals surface area contributed by atoms with Gasteiger partial charge in [0.25, 0.3) is 5.91 Å². The largest absolute Gasteiger partial charge is 0.371 e. The quantitative estimate of drug-likeness (QED) is 0.554. The van der Waals surface area contributed by atoms with Crippen molar-refractivity contribution >= 4 is 27.4 Å². The summed E-state index contributed by atoms with van der Waals surface area (Å²) in [6.45, 7) is 2.74. The maximum absolute atomic E-state index is 13.5. The minimum Gasteiger partial charge on any atom is -0.371 e. The van der Waals surface area contributed by atoms with Gasteiger partial charge >= 0.3 is 0 Å². The van der Waals surface area contributed by atoms with E-state index in [1.54, 1.807) is 29.1 Å². The smallest absolute Gasteiger partial charge is 0.259 e. The summed E-state index contributed by atoms with van der Waals surface area (Å²) in [5, 5.41) is 7.36. The van der Waals surface area contributed by atoms with E-state index in [2.05, 4.69) is 15.3 Å². The Kier molecular flexibility index (Phi) is 6.88. The SMILES string of the molecule is O=C(Nc1ccn(-c2ccccc2)n1)c1cc(S(=O)(=O)N2CCCCC2)ccc1N1CCCCC1. The highest BCUT2D eigenvalue weighted by atomic mass is 32.2. The molecule has 2 saturated heterocycles. The van der Waals surface area contributed by atoms with E-state index in [4.69, 9.17) is 0 Å². The Morgan fingerprint density at radius 1 is 0.829 bits per heavy atom. The Hall–Kier alpha value is -3.17. The van der Waals surface area contributed by atoms with E-state index in [1.807, 2.05) is 30.3 Å². The van der Waals surface area contributed by atoms with Gasteiger partial charge in [-0.2, -0.15) is 9.40 Å². The van der Waals surface area contributed by atoms with Crippen molar-refractivity contribution in [1.82, 2.24) is 14.1 Å². The maximum Gasteiger partial charge on any atom is 0.259 e. The molecule has 2 aliphatic rings. The standard InChI is InChI=1S/C26H31N5O3S/c32-26(27-25-14-19-31(28-25)21-10-4-1-5-11-21)23-20-22(35(33,34)30-17-8-3-9-18-30)12-13-24(23)29-15-6-2-7-16-29/h1,4-5,10-14,19-20H,2-3,6-9,15-18H2,(H,27,28,32). The lowest BCUT2D eigenvalue weighted by molar-refractivity contribution is 0.102. The van der Waals surface area contributed by atoms with Gasteiger partial charge in [0, 0.05) is 44.1 Å². The number of aromatic nitrogens is 2. The van der Waals surface area contributed by atoms with E-state index in [1.165, 1.54) is 10.4 Å². The first kappa shape index (κ1) is 23.6. The van der Waals surface area contributed by atoms with Crippen molar-refractivity contribution in [3.8, 4) is 5.69 Å². The Bertz CT molecular complexity index is 1280. The molecule has 1 amide bonds. The predicted molar refractivity (Wildman–Crippen MR) is 137 cm³/mol. The normalized spacial score (nSPS) is 17.3. The zero-order valence-electron chi connectivity index (χ0n) is 19.8. The van der Waals surface area contributed by atoms with Crippen molar-refractivity contribution in [2.75, 3.05) is 36.4 Å². The van der Waals surface area contributed by atoms with Gasteiger partial charge in [0.1, 0.15) is 0 Å². The minimum absolute atomic E-state index is 0.167. The van der Waals surface area contributed by atoms with Crippen LogP contribution in [0.25, 0.3) is 5.69 Å². The molecule has 0 saturated carbocycles. The third-order valence-electron chi connectivity index (χ3n) is 6.71. The first-order chi connectivity index (χ1) is 17.0. The molecule has 0 spiro atoms. The van der Waals surface area contributed by atoms with Crippen LogP contribution in [0.5, 0.6) is 0 Å². The topological polar surface area (TPSA) is 87.5 Å². The molecule has 0 unspecified atom stereocenters. The molecule has 9 heteroatoms. The van der Waals surface area contributed by atoms with Crippen LogP contribution in [-0.4, -0.2) is 54.6 Å². The molecule has 3 heterocycles. The summed E-state index contributed by atoms with van der Waals surface area (Å²) >= 11 is 0. The molecule has 1 aromatic heterocycles. The zero-order valence-corrected chi connectivity index (χ0v) is 20.6. The summed E-state index contributed by atoms with van der Waals surface area (Å²) in [4.78, 5) is 15.8. The molecule has 2 aromatic carbocycles. The van der Waals surface area contributed by atoms with Gasteiger partial charge in [0.2, 0.25) is 10.0 Å². The average molecular weight is 494 g/mol. The van der Waals surface area contributed by atoms with Crippen molar-refractivity contribution in [2.24, 2.45) is 0 Å². The lowest BCUT2D eigenvalue weighted by Crippen LogP contribution is -2.36. The number of nitrogens with one attached hydrogen (secondary N) is 1. The number of amides is 1. The Labute approximate surface area is 206 Å². The van der Waals surface area contributed by atoms with E-state index in [0.29, 0.717) is 24.5 Å². The van der Waals surface area contributed by atoms with Crippen molar-refractivity contribution in [2.45, 2.75) is 43.4 Å². The van der Waals surface area contributed by atoms with Crippen LogP contribution in [0.1, 0.15) is 48.9 Å². The minimum atomic E-state index is -3.66. The molecule has 8 nitrogen and oxygen atoms in total. The van der Waals surface area contributed by atoms with Gasteiger partial charge in [0.05, 0.1) is 16.1 Å². The zero-order chi connectivity index (χ0) is 24.3. The first-order valence-electron chi connectivity index (χ1n) is 12.3. The second kappa shape index (κ2) is 10.2. The number of hydrogen-bond donors (Lipinski definition) is 1. The Morgan fingerprint density at radius 2 is 1.51 bits per heavy atom. The van der Waals surface area contributed by atoms with Crippen LogP contribution < -0.4 is 10.2 Å².